The number of rotatable bonds is 30. The van der Waals surface area contributed by atoms with Gasteiger partial charge in [-0.3, -0.25) is 67.9 Å². The quantitative estimate of drug-likeness (QED) is 0.0315. The number of nitriles is 2. The predicted octanol–water partition coefficient (Wildman–Crippen LogP) is 3.89. The van der Waals surface area contributed by atoms with Crippen LogP contribution in [0.4, 0.5) is 17.6 Å². The number of aromatic nitrogens is 2. The number of aliphatic carboxylic acids is 3. The highest BCUT2D eigenvalue weighted by atomic mass is 19.3. The van der Waals surface area contributed by atoms with Crippen LogP contribution >= 0.6 is 0 Å². The van der Waals surface area contributed by atoms with E-state index in [-0.39, 0.29) is 148 Å². The van der Waals surface area contributed by atoms with Crippen LogP contribution in [0.5, 0.6) is 11.5 Å². The van der Waals surface area contributed by atoms with Gasteiger partial charge in [-0.25, -0.2) is 17.6 Å². The Morgan fingerprint density at radius 3 is 1.20 bits per heavy atom. The molecule has 0 spiro atoms. The number of hydrogen-bond acceptors (Lipinski definition) is 20. The number of likely N-dealkylation sites (tertiary alicyclic amines) is 2. The van der Waals surface area contributed by atoms with E-state index in [4.69, 9.17) is 18.9 Å². The number of nitrogens with one attached hydrogen (secondary N) is 2. The Bertz CT molecular complexity index is 3830. The van der Waals surface area contributed by atoms with Crippen molar-refractivity contribution in [2.45, 2.75) is 36.8 Å². The van der Waals surface area contributed by atoms with E-state index in [1.807, 2.05) is 41.3 Å². The molecular formula is C70H77F4N13O15. The summed E-state index contributed by atoms with van der Waals surface area (Å²) in [7, 11) is 0. The number of fused-ring (bicyclic) bond motifs is 2. The molecule has 4 aromatic carbocycles. The number of ether oxygens (including phenoxy) is 4. The molecule has 3 fully saturated rings. The van der Waals surface area contributed by atoms with Crippen LogP contribution in [0.25, 0.3) is 44.1 Å². The number of nitrogens with zero attached hydrogens (tertiary/aromatic N) is 11. The van der Waals surface area contributed by atoms with Crippen molar-refractivity contribution >= 4 is 69.2 Å². The summed E-state index contributed by atoms with van der Waals surface area (Å²) < 4.78 is 80.0. The number of alkyl halides is 4. The van der Waals surface area contributed by atoms with Crippen LogP contribution in [0.15, 0.2) is 109 Å². The maximum atomic E-state index is 14.4. The van der Waals surface area contributed by atoms with Crippen molar-refractivity contribution in [3.8, 4) is 45.9 Å². The van der Waals surface area contributed by atoms with Gasteiger partial charge in [-0.15, -0.1) is 0 Å². The zero-order valence-corrected chi connectivity index (χ0v) is 55.6. The monoisotopic (exact) mass is 1420 g/mol. The minimum atomic E-state index is -3.21. The van der Waals surface area contributed by atoms with E-state index in [0.29, 0.717) is 33.3 Å². The lowest BCUT2D eigenvalue weighted by atomic mass is 10.0. The molecule has 28 nitrogen and oxygen atoms in total. The third-order valence-corrected chi connectivity index (χ3v) is 17.3. The number of hydrogen-bond donors (Lipinski definition) is 5. The van der Waals surface area contributed by atoms with Gasteiger partial charge in [0.25, 0.3) is 23.7 Å². The summed E-state index contributed by atoms with van der Waals surface area (Å²) in [5.41, 5.74) is 4.31. The zero-order valence-electron chi connectivity index (χ0n) is 55.6. The molecule has 102 heavy (non-hydrogen) atoms. The lowest BCUT2D eigenvalue weighted by Gasteiger charge is -2.33. The molecular weight excluding hydrogens is 1340 g/mol. The molecule has 2 aromatic heterocycles. The Hall–Kier alpha value is -10.5. The van der Waals surface area contributed by atoms with Crippen LogP contribution in [-0.4, -0.2) is 288 Å². The summed E-state index contributed by atoms with van der Waals surface area (Å²) in [6.45, 7) is -1.63. The SMILES string of the molecule is N#C[C@@H]1CC(F)(F)CN1C(=O)CNC(=O)c1ccnc2ccc(-c3ccc(OCCOCCN(CCOCCOc4ccc(-c5ccc6nccc(C(=O)NCC(=O)N7CC(F)(F)C[C@H]7C#N)c6c5)cc4)C(=O)CN4CCN(CC(=O)O)CCN(CC(=O)O)CCN(CC(=O)O)CC4)cc3)cc12. The highest BCUT2D eigenvalue weighted by Crippen LogP contribution is 2.34. The Balaban J connectivity index is 0.788. The molecule has 0 saturated carbocycles. The van der Waals surface area contributed by atoms with Gasteiger partial charge in [0.15, 0.2) is 0 Å². The second-order valence-corrected chi connectivity index (χ2v) is 24.6. The lowest BCUT2D eigenvalue weighted by Crippen LogP contribution is -2.50. The minimum absolute atomic E-state index is 0.0808. The van der Waals surface area contributed by atoms with E-state index in [1.54, 1.807) is 80.3 Å². The number of amides is 5. The van der Waals surface area contributed by atoms with Crippen molar-refractivity contribution in [2.24, 2.45) is 0 Å². The van der Waals surface area contributed by atoms with Crippen LogP contribution in [0.1, 0.15) is 33.6 Å². The molecule has 3 saturated heterocycles. The number of halogens is 4. The molecule has 3 aliphatic heterocycles. The van der Waals surface area contributed by atoms with Gasteiger partial charge in [0.2, 0.25) is 17.7 Å². The lowest BCUT2D eigenvalue weighted by molar-refractivity contribution is -0.141. The third kappa shape index (κ3) is 21.8. The average Bonchev–Trinajstić information content (AvgIpc) is 1.01. The number of pyridine rings is 2. The highest BCUT2D eigenvalue weighted by molar-refractivity contribution is 6.09. The fraction of sp³-hybridized carbons (Fsp3) is 0.429. The van der Waals surface area contributed by atoms with Gasteiger partial charge in [0.05, 0.1) is 113 Å². The van der Waals surface area contributed by atoms with Gasteiger partial charge in [0.1, 0.15) is 36.8 Å². The molecule has 0 unspecified atom stereocenters. The van der Waals surface area contributed by atoms with Gasteiger partial charge in [-0.05, 0) is 82.9 Å². The van der Waals surface area contributed by atoms with E-state index < -0.39 is 104 Å². The molecule has 9 rings (SSSR count). The molecule has 2 atom stereocenters. The molecule has 0 aliphatic carbocycles. The van der Waals surface area contributed by atoms with Gasteiger partial charge in [0, 0.05) is 101 Å². The topological polar surface area (TPSA) is 354 Å². The molecule has 0 radical (unpaired) electrons. The molecule has 540 valence electrons. The first-order valence-electron chi connectivity index (χ1n) is 32.9. The van der Waals surface area contributed by atoms with E-state index in [2.05, 4.69) is 20.6 Å². The molecule has 3 aliphatic rings. The highest BCUT2D eigenvalue weighted by Gasteiger charge is 2.48. The summed E-state index contributed by atoms with van der Waals surface area (Å²) in [5, 5.41) is 53.7. The number of carbonyl (C=O) groups is 8. The van der Waals surface area contributed by atoms with Crippen molar-refractivity contribution < 1.29 is 90.2 Å². The fourth-order valence-corrected chi connectivity index (χ4v) is 12.1. The minimum Gasteiger partial charge on any atom is -0.491 e. The maximum absolute atomic E-state index is 14.4. The van der Waals surface area contributed by atoms with E-state index in [0.717, 1.165) is 32.1 Å². The van der Waals surface area contributed by atoms with Gasteiger partial charge >= 0.3 is 17.9 Å². The zero-order chi connectivity index (χ0) is 72.9. The smallest absolute Gasteiger partial charge is 0.317 e. The third-order valence-electron chi connectivity index (χ3n) is 17.3. The van der Waals surface area contributed by atoms with E-state index in [9.17, 15) is 81.8 Å². The molecule has 32 heteroatoms. The van der Waals surface area contributed by atoms with Crippen LogP contribution < -0.4 is 20.1 Å². The number of carbonyl (C=O) groups excluding carboxylic acids is 5. The Labute approximate surface area is 583 Å². The summed E-state index contributed by atoms with van der Waals surface area (Å²) in [5.74, 6) is -11.9. The Kier molecular flexibility index (Phi) is 26.5. The number of carboxylic acids is 3. The summed E-state index contributed by atoms with van der Waals surface area (Å²) in [4.78, 5) is 121. The van der Waals surface area contributed by atoms with E-state index in [1.165, 1.54) is 24.5 Å². The summed E-state index contributed by atoms with van der Waals surface area (Å²) in [6, 6.07) is 28.6. The van der Waals surface area contributed by atoms with Crippen molar-refractivity contribution in [3.63, 3.8) is 0 Å². The fourth-order valence-electron chi connectivity index (χ4n) is 12.1. The molecule has 5 heterocycles. The average molecular weight is 1420 g/mol. The Morgan fingerprint density at radius 1 is 0.490 bits per heavy atom. The predicted molar refractivity (Wildman–Crippen MR) is 358 cm³/mol. The molecule has 5 N–H and O–H groups in total. The van der Waals surface area contributed by atoms with Gasteiger partial charge < -0.3 is 59.6 Å². The standard InChI is InChI=1S/C70H77F4N13O15/c71-69(72)35-51(37-75)86(45-69)61(88)39-79-67(97)55-13-15-77-59-11-5-49(33-57(55)59)47-1-7-53(8-2-47)101-31-29-99-27-25-85(63(90)41-81-17-19-82(42-64(91)92)21-23-84(44-66(95)96)24-22-83(20-18-81)43-65(93)94)26-28-100-30-32-102-54-9-3-48(4-10-54)50-6-12-60-58(34-50)56(14-16-78-60)68(98)80-40-62(89)87-46-70(73,74)36-52(87)38-76/h1-16,33-34,51-52H,17-32,35-36,39-46H2,(H,79,97)(H,80,98)(H,91,92)(H,93,94)(H,95,96)/t51-,52-/m0/s1. The van der Waals surface area contributed by atoms with Crippen LogP contribution in [0.3, 0.4) is 0 Å². The van der Waals surface area contributed by atoms with Gasteiger partial charge in [-0.1, -0.05) is 36.4 Å². The first-order chi connectivity index (χ1) is 48.9. The normalized spacial score (nSPS) is 17.5. The maximum Gasteiger partial charge on any atom is 0.317 e. The van der Waals surface area contributed by atoms with E-state index >= 15 is 0 Å². The summed E-state index contributed by atoms with van der Waals surface area (Å²) >= 11 is 0. The van der Waals surface area contributed by atoms with Crippen molar-refractivity contribution in [1.82, 2.24) is 54.9 Å². The van der Waals surface area contributed by atoms with Crippen LogP contribution in [-0.2, 0) is 38.2 Å². The van der Waals surface area contributed by atoms with Crippen molar-refractivity contribution in [2.75, 3.05) is 157 Å². The van der Waals surface area contributed by atoms with Crippen LogP contribution in [0, 0.1) is 22.7 Å². The van der Waals surface area contributed by atoms with Crippen molar-refractivity contribution in [3.05, 3.63) is 121 Å². The summed E-state index contributed by atoms with van der Waals surface area (Å²) in [6.07, 6.45) is 1.31. The Morgan fingerprint density at radius 2 is 0.843 bits per heavy atom. The molecule has 0 bridgehead atoms. The number of carboxylic acid groups (broad SMARTS) is 3. The first-order valence-corrected chi connectivity index (χ1v) is 32.9. The number of benzene rings is 4. The van der Waals surface area contributed by atoms with Gasteiger partial charge in [-0.2, -0.15) is 10.5 Å². The van der Waals surface area contributed by atoms with Crippen LogP contribution in [0.2, 0.25) is 0 Å². The first kappa shape index (κ1) is 75.7. The largest absolute Gasteiger partial charge is 0.491 e. The van der Waals surface area contributed by atoms with Crippen molar-refractivity contribution in [1.29, 1.82) is 10.5 Å². The second kappa shape index (κ2) is 35.7. The second-order valence-electron chi connectivity index (χ2n) is 24.6. The molecule has 6 aromatic rings. The molecule has 5 amide bonds.